The Kier molecular flexibility index (Phi) is 6.96. The Hall–Kier alpha value is -4.09. The van der Waals surface area contributed by atoms with Crippen molar-refractivity contribution in [3.05, 3.63) is 118 Å². The van der Waals surface area contributed by atoms with Crippen LogP contribution in [-0.4, -0.2) is 22.6 Å². The van der Waals surface area contributed by atoms with E-state index in [-0.39, 0.29) is 11.2 Å². The molecule has 0 aliphatic carbocycles. The average Bonchev–Trinajstić information content (AvgIpc) is 3.51. The third-order valence-electron chi connectivity index (χ3n) is 6.09. The summed E-state index contributed by atoms with van der Waals surface area (Å²) in [5.41, 5.74) is 1.96. The number of allylic oxidation sites excluding steroid dienone is 1. The molecule has 0 saturated carbocycles. The number of nitrogens with zero attached hydrogens (tertiary/aromatic N) is 3. The van der Waals surface area contributed by atoms with Crippen molar-refractivity contribution in [2.75, 3.05) is 7.11 Å². The summed E-state index contributed by atoms with van der Waals surface area (Å²) in [5, 5.41) is 11.0. The van der Waals surface area contributed by atoms with Crippen molar-refractivity contribution in [1.82, 2.24) is 4.57 Å². The number of carbonyl (C=O) groups excluding carboxylic acids is 1. The summed E-state index contributed by atoms with van der Waals surface area (Å²) in [6.45, 7) is 1.90. The second-order valence-corrected chi connectivity index (χ2v) is 10.2. The Bertz CT molecular complexity index is 1780. The molecule has 0 amide bonds. The van der Waals surface area contributed by atoms with Gasteiger partial charge in [0.1, 0.15) is 11.5 Å². The standard InChI is InChI=1S/C27H20BrN3O6S/c1-3-20-23(26(33)36-2)24(15-7-5-4-6-8-15)30-25(32)22(38-27(30)29-20)14-17-10-12-21(37-17)18-11-9-16(31(34)35)13-19(18)28/h4-14,24H,3H2,1-2H3/b22-14+/t24-/m0/s1. The van der Waals surface area contributed by atoms with Crippen molar-refractivity contribution in [3.63, 3.8) is 0 Å². The molecule has 4 aromatic rings. The molecule has 1 aliphatic rings. The highest BCUT2D eigenvalue weighted by Crippen LogP contribution is 2.33. The minimum absolute atomic E-state index is 0.0424. The van der Waals surface area contributed by atoms with Crippen LogP contribution < -0.4 is 14.9 Å². The molecule has 0 spiro atoms. The third kappa shape index (κ3) is 4.54. The van der Waals surface area contributed by atoms with Crippen LogP contribution in [0.2, 0.25) is 0 Å². The van der Waals surface area contributed by atoms with Crippen molar-refractivity contribution in [2.45, 2.75) is 19.4 Å². The molecule has 0 saturated heterocycles. The number of nitro benzene ring substituents is 1. The van der Waals surface area contributed by atoms with Crippen molar-refractivity contribution in [3.8, 4) is 11.3 Å². The molecule has 1 aliphatic heterocycles. The zero-order valence-corrected chi connectivity index (χ0v) is 22.6. The largest absolute Gasteiger partial charge is 0.466 e. The number of non-ortho nitro benzene ring substituents is 1. The molecular formula is C27H20BrN3O6S. The number of furan rings is 1. The van der Waals surface area contributed by atoms with Gasteiger partial charge in [0.25, 0.3) is 11.2 Å². The number of aromatic nitrogens is 1. The number of rotatable bonds is 6. The number of carbonyl (C=O) groups is 1. The Morgan fingerprint density at radius 1 is 1.24 bits per heavy atom. The molecule has 3 heterocycles. The molecule has 9 nitrogen and oxygen atoms in total. The predicted molar refractivity (Wildman–Crippen MR) is 145 cm³/mol. The van der Waals surface area contributed by atoms with E-state index in [0.29, 0.717) is 48.6 Å². The quantitative estimate of drug-likeness (QED) is 0.181. The SMILES string of the molecule is CCC1=C(C(=O)OC)[C@H](c2ccccc2)n2c(s/c(=C/c3ccc(-c4ccc([N+](=O)[O-])cc4Br)o3)c2=O)=N1. The number of benzene rings is 2. The highest BCUT2D eigenvalue weighted by atomic mass is 79.9. The normalized spacial score (nSPS) is 15.2. The average molecular weight is 594 g/mol. The van der Waals surface area contributed by atoms with Gasteiger partial charge in [0.05, 0.1) is 33.9 Å². The molecule has 0 radical (unpaired) electrons. The van der Waals surface area contributed by atoms with Gasteiger partial charge in [-0.2, -0.15) is 0 Å². The van der Waals surface area contributed by atoms with Crippen LogP contribution in [0.25, 0.3) is 17.4 Å². The summed E-state index contributed by atoms with van der Waals surface area (Å²) in [6, 6.07) is 16.5. The fraction of sp³-hybridized carbons (Fsp3) is 0.148. The van der Waals surface area contributed by atoms with E-state index in [2.05, 4.69) is 20.9 Å². The summed E-state index contributed by atoms with van der Waals surface area (Å²) in [7, 11) is 1.31. The van der Waals surface area contributed by atoms with Gasteiger partial charge in [-0.1, -0.05) is 48.6 Å². The van der Waals surface area contributed by atoms with E-state index in [1.807, 2.05) is 37.3 Å². The van der Waals surface area contributed by atoms with Gasteiger partial charge in [0.2, 0.25) is 0 Å². The first-order chi connectivity index (χ1) is 18.3. The lowest BCUT2D eigenvalue weighted by Crippen LogP contribution is -2.40. The summed E-state index contributed by atoms with van der Waals surface area (Å²) >= 11 is 4.57. The second kappa shape index (κ2) is 10.3. The smallest absolute Gasteiger partial charge is 0.338 e. The first-order valence-electron chi connectivity index (χ1n) is 11.5. The highest BCUT2D eigenvalue weighted by molar-refractivity contribution is 9.10. The van der Waals surface area contributed by atoms with Crippen LogP contribution in [0.5, 0.6) is 0 Å². The molecule has 0 N–H and O–H groups in total. The van der Waals surface area contributed by atoms with E-state index >= 15 is 0 Å². The predicted octanol–water partition coefficient (Wildman–Crippen LogP) is 4.73. The maximum absolute atomic E-state index is 13.7. The maximum atomic E-state index is 13.7. The summed E-state index contributed by atoms with van der Waals surface area (Å²) in [6.07, 6.45) is 2.12. The number of hydrogen-bond donors (Lipinski definition) is 0. The molecule has 0 bridgehead atoms. The van der Waals surface area contributed by atoms with Crippen LogP contribution >= 0.6 is 27.3 Å². The van der Waals surface area contributed by atoms with Gasteiger partial charge in [0.15, 0.2) is 4.80 Å². The number of nitro groups is 1. The summed E-state index contributed by atoms with van der Waals surface area (Å²) in [4.78, 5) is 42.2. The molecule has 0 fully saturated rings. The van der Waals surface area contributed by atoms with Crippen LogP contribution in [0, 0.1) is 10.1 Å². The summed E-state index contributed by atoms with van der Waals surface area (Å²) < 4.78 is 13.5. The topological polar surface area (TPSA) is 117 Å². The molecule has 0 unspecified atom stereocenters. The van der Waals surface area contributed by atoms with Gasteiger partial charge < -0.3 is 9.15 Å². The van der Waals surface area contributed by atoms with Crippen LogP contribution in [0.15, 0.2) is 90.6 Å². The molecule has 38 heavy (non-hydrogen) atoms. The van der Waals surface area contributed by atoms with E-state index in [1.54, 1.807) is 24.3 Å². The van der Waals surface area contributed by atoms with Gasteiger partial charge >= 0.3 is 5.97 Å². The highest BCUT2D eigenvalue weighted by Gasteiger charge is 2.33. The van der Waals surface area contributed by atoms with E-state index < -0.39 is 16.9 Å². The van der Waals surface area contributed by atoms with E-state index in [1.165, 1.54) is 35.1 Å². The number of hydrogen-bond acceptors (Lipinski definition) is 8. The lowest BCUT2D eigenvalue weighted by Gasteiger charge is -2.25. The fourth-order valence-corrected chi connectivity index (χ4v) is 5.90. The molecular weight excluding hydrogens is 574 g/mol. The van der Waals surface area contributed by atoms with E-state index in [9.17, 15) is 19.7 Å². The van der Waals surface area contributed by atoms with Gasteiger partial charge in [-0.25, -0.2) is 9.79 Å². The first-order valence-corrected chi connectivity index (χ1v) is 13.2. The molecule has 2 aromatic carbocycles. The lowest BCUT2D eigenvalue weighted by molar-refractivity contribution is -0.384. The Balaban J connectivity index is 1.62. The van der Waals surface area contributed by atoms with Gasteiger partial charge in [-0.15, -0.1) is 0 Å². The minimum Gasteiger partial charge on any atom is -0.466 e. The van der Waals surface area contributed by atoms with Crippen LogP contribution in [0.4, 0.5) is 5.69 Å². The Morgan fingerprint density at radius 2 is 2.00 bits per heavy atom. The molecule has 2 aromatic heterocycles. The van der Waals surface area contributed by atoms with Gasteiger partial charge in [-0.05, 0) is 46.1 Å². The first kappa shape index (κ1) is 25.6. The number of fused-ring (bicyclic) bond motifs is 1. The van der Waals surface area contributed by atoms with Crippen molar-refractivity contribution in [1.29, 1.82) is 0 Å². The number of esters is 1. The van der Waals surface area contributed by atoms with Gasteiger partial charge in [0, 0.05) is 28.2 Å². The van der Waals surface area contributed by atoms with E-state index in [0.717, 1.165) is 5.56 Å². The number of methoxy groups -OCH3 is 1. The van der Waals surface area contributed by atoms with Gasteiger partial charge in [-0.3, -0.25) is 19.5 Å². The fourth-order valence-electron chi connectivity index (χ4n) is 4.34. The van der Waals surface area contributed by atoms with Crippen molar-refractivity contribution >= 4 is 45.0 Å². The lowest BCUT2D eigenvalue weighted by atomic mass is 9.95. The van der Waals surface area contributed by atoms with Crippen molar-refractivity contribution < 1.29 is 18.9 Å². The van der Waals surface area contributed by atoms with E-state index in [4.69, 9.17) is 9.15 Å². The minimum atomic E-state index is -0.680. The molecule has 5 rings (SSSR count). The zero-order valence-electron chi connectivity index (χ0n) is 20.2. The van der Waals surface area contributed by atoms with Crippen molar-refractivity contribution in [2.24, 2.45) is 4.99 Å². The van der Waals surface area contributed by atoms with Crippen LogP contribution in [-0.2, 0) is 9.53 Å². The Labute approximate surface area is 228 Å². The number of halogens is 1. The van der Waals surface area contributed by atoms with Crippen LogP contribution in [0.1, 0.15) is 30.7 Å². The molecule has 11 heteroatoms. The maximum Gasteiger partial charge on any atom is 0.338 e. The Morgan fingerprint density at radius 3 is 2.66 bits per heavy atom. The molecule has 192 valence electrons. The second-order valence-electron chi connectivity index (χ2n) is 8.32. The zero-order chi connectivity index (χ0) is 27.0. The molecule has 1 atom stereocenters. The monoisotopic (exact) mass is 593 g/mol. The number of thiazole rings is 1. The third-order valence-corrected chi connectivity index (χ3v) is 7.73. The van der Waals surface area contributed by atoms with Crippen LogP contribution in [0.3, 0.4) is 0 Å². The number of ether oxygens (including phenoxy) is 1. The summed E-state index contributed by atoms with van der Waals surface area (Å²) in [5.74, 6) is 0.377.